The van der Waals surface area contributed by atoms with E-state index in [0.717, 1.165) is 11.3 Å². The number of thiophene rings is 1. The number of fused-ring (bicyclic) bond motifs is 1. The highest BCUT2D eigenvalue weighted by molar-refractivity contribution is 7.57. The van der Waals surface area contributed by atoms with Gasteiger partial charge in [0, 0.05) is 11.8 Å². The number of nitrogens with one attached hydrogen (secondary N) is 1. The maximum absolute atomic E-state index is 15.9. The van der Waals surface area contributed by atoms with Gasteiger partial charge >= 0.3 is 19.5 Å². The number of benzene rings is 2. The largest absolute Gasteiger partial charge is 0.477 e. The van der Waals surface area contributed by atoms with Crippen molar-refractivity contribution >= 4 is 40.9 Å². The first-order valence-electron chi connectivity index (χ1n) is 10.7. The van der Waals surface area contributed by atoms with Gasteiger partial charge in [0.1, 0.15) is 23.3 Å². The van der Waals surface area contributed by atoms with Crippen LogP contribution in [0.1, 0.15) is 41.9 Å². The molecule has 0 saturated carbocycles. The Morgan fingerprint density at radius 3 is 2.49 bits per heavy atom. The standard InChI is InChI=1S/C24H27FNO7PS/c1-15(23(29)32-14-24(2,3)31-4)26-34(30,33-18-8-6-5-7-9-18)21(25)16-10-11-19-17(12-16)13-20(35-19)22(27)28/h5-13,15,21H,14H2,1-4H3,(H,26,30)(H,27,28)/t15?,21-,34?/m1/s1. The molecule has 0 radical (unpaired) electrons. The zero-order valence-electron chi connectivity index (χ0n) is 19.7. The molecular formula is C24H27FNO7PS. The first-order valence-corrected chi connectivity index (χ1v) is 13.2. The molecule has 0 spiro atoms. The van der Waals surface area contributed by atoms with Crippen molar-refractivity contribution in [3.63, 3.8) is 0 Å². The van der Waals surface area contributed by atoms with Crippen molar-refractivity contribution in [2.75, 3.05) is 13.7 Å². The van der Waals surface area contributed by atoms with Gasteiger partial charge < -0.3 is 19.1 Å². The molecule has 35 heavy (non-hydrogen) atoms. The van der Waals surface area contributed by atoms with E-state index in [1.165, 1.54) is 44.4 Å². The zero-order chi connectivity index (χ0) is 25.8. The van der Waals surface area contributed by atoms with Crippen LogP contribution in [0.25, 0.3) is 10.1 Å². The fourth-order valence-electron chi connectivity index (χ4n) is 3.04. The molecule has 11 heteroatoms. The molecule has 2 aromatic carbocycles. The Bertz CT molecular complexity index is 1250. The van der Waals surface area contributed by atoms with Crippen LogP contribution in [0.15, 0.2) is 54.6 Å². The number of rotatable bonds is 11. The van der Waals surface area contributed by atoms with Gasteiger partial charge in [0.05, 0.1) is 5.60 Å². The molecule has 2 unspecified atom stereocenters. The van der Waals surface area contributed by atoms with E-state index in [-0.39, 0.29) is 22.8 Å². The third kappa shape index (κ3) is 6.67. The number of carbonyl (C=O) groups is 2. The number of carbonyl (C=O) groups excluding carboxylic acids is 1. The number of methoxy groups -OCH3 is 1. The van der Waals surface area contributed by atoms with Crippen LogP contribution in [-0.4, -0.2) is 42.4 Å². The Kier molecular flexibility index (Phi) is 8.33. The summed E-state index contributed by atoms with van der Waals surface area (Å²) in [5.41, 5.74) is -0.715. The monoisotopic (exact) mass is 523 g/mol. The van der Waals surface area contributed by atoms with Gasteiger partial charge in [0.15, 0.2) is 0 Å². The third-order valence-corrected chi connectivity index (χ3v) is 8.38. The lowest BCUT2D eigenvalue weighted by atomic mass is 10.1. The molecule has 3 rings (SSSR count). The molecule has 3 aromatic rings. The Balaban J connectivity index is 1.89. The van der Waals surface area contributed by atoms with E-state index in [0.29, 0.717) is 10.1 Å². The topological polar surface area (TPSA) is 111 Å². The molecule has 0 fully saturated rings. The molecule has 1 heterocycles. The fraction of sp³-hybridized carbons (Fsp3) is 0.333. The van der Waals surface area contributed by atoms with Crippen molar-refractivity contribution in [1.29, 1.82) is 0 Å². The summed E-state index contributed by atoms with van der Waals surface area (Å²) in [6.45, 7) is 4.81. The third-order valence-electron chi connectivity index (χ3n) is 5.15. The maximum atomic E-state index is 15.9. The van der Waals surface area contributed by atoms with Crippen LogP contribution in [0, 0.1) is 0 Å². The summed E-state index contributed by atoms with van der Waals surface area (Å²) in [4.78, 5) is 23.9. The van der Waals surface area contributed by atoms with Gasteiger partial charge in [-0.2, -0.15) is 0 Å². The summed E-state index contributed by atoms with van der Waals surface area (Å²) >= 11 is 1.05. The van der Waals surface area contributed by atoms with Gasteiger partial charge in [0.25, 0.3) is 0 Å². The van der Waals surface area contributed by atoms with Crippen LogP contribution in [0.4, 0.5) is 4.39 Å². The van der Waals surface area contributed by atoms with E-state index in [1.807, 2.05) is 0 Å². The van der Waals surface area contributed by atoms with E-state index in [2.05, 4.69) is 5.09 Å². The number of ether oxygens (including phenoxy) is 2. The summed E-state index contributed by atoms with van der Waals surface area (Å²) < 4.78 is 46.5. The fourth-order valence-corrected chi connectivity index (χ4v) is 5.83. The van der Waals surface area contributed by atoms with Gasteiger partial charge in [-0.25, -0.2) is 14.3 Å². The minimum Gasteiger partial charge on any atom is -0.477 e. The summed E-state index contributed by atoms with van der Waals surface area (Å²) in [6.07, 6.45) is 0. The van der Waals surface area contributed by atoms with Crippen LogP contribution in [0.5, 0.6) is 5.75 Å². The van der Waals surface area contributed by atoms with Gasteiger partial charge in [0.2, 0.25) is 5.91 Å². The van der Waals surface area contributed by atoms with E-state index in [9.17, 15) is 19.3 Å². The Labute approximate surface area is 206 Å². The van der Waals surface area contributed by atoms with Crippen molar-refractivity contribution in [3.8, 4) is 5.75 Å². The molecule has 3 atom stereocenters. The van der Waals surface area contributed by atoms with Gasteiger partial charge in [-0.05, 0) is 62.1 Å². The number of alkyl halides is 1. The van der Waals surface area contributed by atoms with Crippen molar-refractivity contribution in [2.24, 2.45) is 0 Å². The minimum atomic E-state index is -4.39. The molecule has 1 aromatic heterocycles. The maximum Gasteiger partial charge on any atom is 0.355 e. The van der Waals surface area contributed by atoms with Crippen LogP contribution < -0.4 is 9.61 Å². The van der Waals surface area contributed by atoms with Gasteiger partial charge in [-0.3, -0.25) is 9.36 Å². The quantitative estimate of drug-likeness (QED) is 0.240. The van der Waals surface area contributed by atoms with E-state index >= 15 is 4.39 Å². The number of para-hydroxylation sites is 1. The number of hydrogen-bond acceptors (Lipinski definition) is 7. The highest BCUT2D eigenvalue weighted by Crippen LogP contribution is 2.58. The van der Waals surface area contributed by atoms with E-state index < -0.39 is 37.0 Å². The molecule has 0 aliphatic carbocycles. The molecule has 0 aliphatic rings. The lowest BCUT2D eigenvalue weighted by Gasteiger charge is -2.27. The number of hydrogen-bond donors (Lipinski definition) is 2. The molecule has 0 aliphatic heterocycles. The van der Waals surface area contributed by atoms with Gasteiger partial charge in [-0.1, -0.05) is 24.3 Å². The minimum absolute atomic E-state index is 0.0140. The lowest BCUT2D eigenvalue weighted by molar-refractivity contribution is -0.152. The number of esters is 1. The van der Waals surface area contributed by atoms with Crippen LogP contribution in [0.3, 0.4) is 0 Å². The van der Waals surface area contributed by atoms with Crippen molar-refractivity contribution in [2.45, 2.75) is 38.3 Å². The van der Waals surface area contributed by atoms with Gasteiger partial charge in [-0.15, -0.1) is 11.3 Å². The highest BCUT2D eigenvalue weighted by Gasteiger charge is 2.41. The van der Waals surface area contributed by atoms with Crippen molar-refractivity contribution in [3.05, 3.63) is 65.0 Å². The summed E-state index contributed by atoms with van der Waals surface area (Å²) in [7, 11) is -2.91. The Morgan fingerprint density at radius 2 is 1.86 bits per heavy atom. The molecule has 188 valence electrons. The predicted octanol–water partition coefficient (Wildman–Crippen LogP) is 5.79. The Morgan fingerprint density at radius 1 is 1.17 bits per heavy atom. The molecule has 0 amide bonds. The molecular weight excluding hydrogens is 496 g/mol. The average molecular weight is 524 g/mol. The predicted molar refractivity (Wildman–Crippen MR) is 132 cm³/mol. The molecule has 0 bridgehead atoms. The zero-order valence-corrected chi connectivity index (χ0v) is 21.4. The first-order chi connectivity index (χ1) is 16.4. The van der Waals surface area contributed by atoms with Crippen LogP contribution in [0.2, 0.25) is 0 Å². The van der Waals surface area contributed by atoms with Crippen molar-refractivity contribution in [1.82, 2.24) is 5.09 Å². The Hall–Kier alpha value is -2.78. The second-order valence-electron chi connectivity index (χ2n) is 8.47. The second kappa shape index (κ2) is 10.9. The molecule has 0 saturated heterocycles. The van der Waals surface area contributed by atoms with Crippen LogP contribution in [-0.2, 0) is 18.8 Å². The summed E-state index contributed by atoms with van der Waals surface area (Å²) in [6, 6.07) is 12.7. The highest BCUT2D eigenvalue weighted by atomic mass is 32.1. The number of carboxylic acids is 1. The smallest absolute Gasteiger partial charge is 0.355 e. The first kappa shape index (κ1) is 26.8. The molecule has 8 nitrogen and oxygen atoms in total. The van der Waals surface area contributed by atoms with Crippen molar-refractivity contribution < 1.29 is 37.6 Å². The van der Waals surface area contributed by atoms with E-state index in [1.54, 1.807) is 38.1 Å². The second-order valence-corrected chi connectivity index (χ2v) is 11.6. The number of aromatic carboxylic acids is 1. The number of carboxylic acid groups (broad SMARTS) is 1. The van der Waals surface area contributed by atoms with Crippen LogP contribution >= 0.6 is 18.9 Å². The SMILES string of the molecule is COC(C)(C)COC(=O)C(C)NP(=O)(Oc1ccccc1)[C@@H](F)c1ccc2sc(C(=O)O)cc2c1. The summed E-state index contributed by atoms with van der Waals surface area (Å²) in [5, 5.41) is 12.2. The molecule has 2 N–H and O–H groups in total. The summed E-state index contributed by atoms with van der Waals surface area (Å²) in [5.74, 6) is -3.85. The number of halogens is 1. The van der Waals surface area contributed by atoms with E-state index in [4.69, 9.17) is 14.0 Å². The lowest BCUT2D eigenvalue weighted by Crippen LogP contribution is -2.38. The average Bonchev–Trinajstić information content (AvgIpc) is 3.26. The normalized spacial score (nSPS) is 15.2.